The molecule has 0 aromatic heterocycles. The van der Waals surface area contributed by atoms with E-state index in [2.05, 4.69) is 26.1 Å². The molecule has 1 aromatic rings. The lowest BCUT2D eigenvalue weighted by molar-refractivity contribution is 0.0946. The maximum Gasteiger partial charge on any atom is 0.252 e. The molecule has 0 radical (unpaired) electrons. The van der Waals surface area contributed by atoms with E-state index in [1.54, 1.807) is 0 Å². The number of likely N-dealkylation sites (tertiary alicyclic amines) is 1. The number of carbonyl (C=O) groups is 1. The summed E-state index contributed by atoms with van der Waals surface area (Å²) in [6, 6.07) is 6.73. The van der Waals surface area contributed by atoms with Gasteiger partial charge in [-0.1, -0.05) is 11.6 Å². The maximum absolute atomic E-state index is 12.2. The summed E-state index contributed by atoms with van der Waals surface area (Å²) in [5.74, 6) is 0.647. The van der Waals surface area contributed by atoms with Crippen molar-refractivity contribution >= 4 is 21.8 Å². The van der Waals surface area contributed by atoms with E-state index in [1.165, 1.54) is 25.8 Å². The molecular formula is C16H21BrN2O. The second kappa shape index (κ2) is 5.86. The number of halogens is 1. The Hall–Kier alpha value is -0.870. The standard InChI is InChI=1S/C16H21BrN2O/c1-11-2-5-15(17)14(8-11)16(20)18-9-12-6-7-19(10-12)13-3-4-13/h2,5,8,12-13H,3-4,6-7,9-10H2,1H3,(H,18,20). The third kappa shape index (κ3) is 3.23. The minimum Gasteiger partial charge on any atom is -0.352 e. The van der Waals surface area contributed by atoms with Crippen molar-refractivity contribution in [3.05, 3.63) is 33.8 Å². The Labute approximate surface area is 128 Å². The van der Waals surface area contributed by atoms with E-state index >= 15 is 0 Å². The molecule has 1 saturated heterocycles. The van der Waals surface area contributed by atoms with Crippen LogP contribution in [-0.4, -0.2) is 36.5 Å². The van der Waals surface area contributed by atoms with Gasteiger partial charge in [-0.2, -0.15) is 0 Å². The van der Waals surface area contributed by atoms with Crippen LogP contribution in [-0.2, 0) is 0 Å². The van der Waals surface area contributed by atoms with Crippen LogP contribution in [0.5, 0.6) is 0 Å². The Morgan fingerprint density at radius 1 is 1.40 bits per heavy atom. The number of nitrogens with zero attached hydrogens (tertiary/aromatic N) is 1. The summed E-state index contributed by atoms with van der Waals surface area (Å²) in [6.07, 6.45) is 3.95. The summed E-state index contributed by atoms with van der Waals surface area (Å²) < 4.78 is 0.867. The quantitative estimate of drug-likeness (QED) is 0.916. The molecule has 108 valence electrons. The summed E-state index contributed by atoms with van der Waals surface area (Å²) in [7, 11) is 0. The van der Waals surface area contributed by atoms with E-state index in [0.29, 0.717) is 5.92 Å². The predicted octanol–water partition coefficient (Wildman–Crippen LogP) is 2.97. The van der Waals surface area contributed by atoms with Crippen molar-refractivity contribution in [3.63, 3.8) is 0 Å². The SMILES string of the molecule is Cc1ccc(Br)c(C(=O)NCC2CCN(C3CC3)C2)c1. The highest BCUT2D eigenvalue weighted by Crippen LogP contribution is 2.31. The molecule has 4 heteroatoms. The van der Waals surface area contributed by atoms with Crippen molar-refractivity contribution in [2.24, 2.45) is 5.92 Å². The Morgan fingerprint density at radius 2 is 2.20 bits per heavy atom. The second-order valence-corrected chi connectivity index (χ2v) is 6.93. The number of aryl methyl sites for hydroxylation is 1. The molecule has 20 heavy (non-hydrogen) atoms. The fourth-order valence-corrected chi connectivity index (χ4v) is 3.37. The van der Waals surface area contributed by atoms with Crippen molar-refractivity contribution in [1.82, 2.24) is 10.2 Å². The van der Waals surface area contributed by atoms with Crippen LogP contribution < -0.4 is 5.32 Å². The van der Waals surface area contributed by atoms with Gasteiger partial charge in [0.2, 0.25) is 0 Å². The van der Waals surface area contributed by atoms with E-state index in [4.69, 9.17) is 0 Å². The number of amides is 1. The average molecular weight is 337 g/mol. The molecule has 0 bridgehead atoms. The monoisotopic (exact) mass is 336 g/mol. The molecule has 1 N–H and O–H groups in total. The lowest BCUT2D eigenvalue weighted by Gasteiger charge is -2.15. The van der Waals surface area contributed by atoms with Gasteiger partial charge >= 0.3 is 0 Å². The summed E-state index contributed by atoms with van der Waals surface area (Å²) >= 11 is 3.45. The molecule has 3 rings (SSSR count). The Kier molecular flexibility index (Phi) is 4.13. The normalized spacial score (nSPS) is 23.0. The van der Waals surface area contributed by atoms with E-state index in [1.807, 2.05) is 25.1 Å². The molecule has 1 saturated carbocycles. The highest BCUT2D eigenvalue weighted by molar-refractivity contribution is 9.10. The average Bonchev–Trinajstić information content (AvgIpc) is 3.18. The van der Waals surface area contributed by atoms with Crippen LogP contribution in [0.4, 0.5) is 0 Å². The molecule has 1 heterocycles. The van der Waals surface area contributed by atoms with Crippen molar-refractivity contribution < 1.29 is 4.79 Å². The summed E-state index contributed by atoms with van der Waals surface area (Å²) in [5, 5.41) is 3.09. The zero-order valence-corrected chi connectivity index (χ0v) is 13.4. The van der Waals surface area contributed by atoms with E-state index < -0.39 is 0 Å². The fourth-order valence-electron chi connectivity index (χ4n) is 2.95. The molecule has 1 unspecified atom stereocenters. The van der Waals surface area contributed by atoms with Gasteiger partial charge in [0.1, 0.15) is 0 Å². The zero-order valence-electron chi connectivity index (χ0n) is 11.9. The number of nitrogens with one attached hydrogen (secondary N) is 1. The van der Waals surface area contributed by atoms with Gasteiger partial charge in [-0.3, -0.25) is 4.79 Å². The highest BCUT2D eigenvalue weighted by Gasteiger charge is 2.34. The van der Waals surface area contributed by atoms with Crippen molar-refractivity contribution in [2.75, 3.05) is 19.6 Å². The highest BCUT2D eigenvalue weighted by atomic mass is 79.9. The number of carbonyl (C=O) groups excluding carboxylic acids is 1. The van der Waals surface area contributed by atoms with E-state index in [0.717, 1.165) is 34.7 Å². The van der Waals surface area contributed by atoms with Gasteiger partial charge in [0.25, 0.3) is 5.91 Å². The van der Waals surface area contributed by atoms with Crippen molar-refractivity contribution in [3.8, 4) is 0 Å². The zero-order chi connectivity index (χ0) is 14.1. The smallest absolute Gasteiger partial charge is 0.252 e. The Bertz CT molecular complexity index is 513. The molecule has 1 aromatic carbocycles. The van der Waals surface area contributed by atoms with Gasteiger partial charge in [0, 0.05) is 23.6 Å². The Morgan fingerprint density at radius 3 is 2.95 bits per heavy atom. The maximum atomic E-state index is 12.2. The Balaban J connectivity index is 1.53. The number of rotatable bonds is 4. The van der Waals surface area contributed by atoms with Gasteiger partial charge in [-0.25, -0.2) is 0 Å². The lowest BCUT2D eigenvalue weighted by atomic mass is 10.1. The van der Waals surface area contributed by atoms with Gasteiger partial charge in [0.05, 0.1) is 5.56 Å². The summed E-state index contributed by atoms with van der Waals surface area (Å²) in [5.41, 5.74) is 1.85. The number of hydrogen-bond donors (Lipinski definition) is 1. The van der Waals surface area contributed by atoms with Crippen LogP contribution in [0, 0.1) is 12.8 Å². The molecule has 2 fully saturated rings. The van der Waals surface area contributed by atoms with E-state index in [9.17, 15) is 4.79 Å². The molecule has 3 nitrogen and oxygen atoms in total. The van der Waals surface area contributed by atoms with Crippen LogP contribution in [0.3, 0.4) is 0 Å². The van der Waals surface area contributed by atoms with Gasteiger partial charge in [-0.05, 0) is 66.7 Å². The molecule has 2 aliphatic rings. The minimum atomic E-state index is 0.0328. The van der Waals surface area contributed by atoms with Crippen molar-refractivity contribution in [1.29, 1.82) is 0 Å². The first-order chi connectivity index (χ1) is 9.63. The third-order valence-corrected chi connectivity index (χ3v) is 4.99. The second-order valence-electron chi connectivity index (χ2n) is 6.07. The third-order valence-electron chi connectivity index (χ3n) is 4.30. The molecule has 1 atom stereocenters. The topological polar surface area (TPSA) is 32.3 Å². The summed E-state index contributed by atoms with van der Waals surface area (Å²) in [4.78, 5) is 14.8. The molecule has 1 aliphatic heterocycles. The molecule has 0 spiro atoms. The van der Waals surface area contributed by atoms with Gasteiger partial charge in [-0.15, -0.1) is 0 Å². The molecule has 1 aliphatic carbocycles. The van der Waals surface area contributed by atoms with Crippen LogP contribution in [0.2, 0.25) is 0 Å². The first kappa shape index (κ1) is 14.1. The van der Waals surface area contributed by atoms with Crippen LogP contribution in [0.1, 0.15) is 35.2 Å². The van der Waals surface area contributed by atoms with Gasteiger partial charge < -0.3 is 10.2 Å². The number of benzene rings is 1. The lowest BCUT2D eigenvalue weighted by Crippen LogP contribution is -2.31. The molecular weight excluding hydrogens is 316 g/mol. The van der Waals surface area contributed by atoms with Crippen molar-refractivity contribution in [2.45, 2.75) is 32.2 Å². The first-order valence-corrected chi connectivity index (χ1v) is 8.21. The largest absolute Gasteiger partial charge is 0.352 e. The van der Waals surface area contributed by atoms with Gasteiger partial charge in [0.15, 0.2) is 0 Å². The van der Waals surface area contributed by atoms with Crippen LogP contribution in [0.25, 0.3) is 0 Å². The summed E-state index contributed by atoms with van der Waals surface area (Å²) in [6.45, 7) is 5.16. The van der Waals surface area contributed by atoms with E-state index in [-0.39, 0.29) is 5.91 Å². The first-order valence-electron chi connectivity index (χ1n) is 7.42. The fraction of sp³-hybridized carbons (Fsp3) is 0.562. The predicted molar refractivity (Wildman–Crippen MR) is 83.9 cm³/mol. The van der Waals surface area contributed by atoms with Crippen LogP contribution >= 0.6 is 15.9 Å². The number of hydrogen-bond acceptors (Lipinski definition) is 2. The van der Waals surface area contributed by atoms with Crippen LogP contribution in [0.15, 0.2) is 22.7 Å². The molecule has 1 amide bonds. The minimum absolute atomic E-state index is 0.0328.